The first-order chi connectivity index (χ1) is 8.11. The SMILES string of the molecule is CC(=O)c1cccc(-c2ccccc2N)c1N. The van der Waals surface area contributed by atoms with Crippen LogP contribution in [0, 0.1) is 0 Å². The summed E-state index contributed by atoms with van der Waals surface area (Å²) in [6.07, 6.45) is 0. The number of hydrogen-bond donors (Lipinski definition) is 2. The van der Waals surface area contributed by atoms with Gasteiger partial charge in [-0.15, -0.1) is 0 Å². The first kappa shape index (κ1) is 11.2. The Hall–Kier alpha value is -2.29. The Labute approximate surface area is 100 Å². The summed E-state index contributed by atoms with van der Waals surface area (Å²) < 4.78 is 0. The van der Waals surface area contributed by atoms with Crippen LogP contribution in [0.1, 0.15) is 17.3 Å². The van der Waals surface area contributed by atoms with Crippen molar-refractivity contribution in [1.29, 1.82) is 0 Å². The van der Waals surface area contributed by atoms with Crippen LogP contribution in [0.5, 0.6) is 0 Å². The van der Waals surface area contributed by atoms with E-state index in [9.17, 15) is 4.79 Å². The molecule has 0 aliphatic rings. The molecule has 0 atom stereocenters. The second kappa shape index (κ2) is 4.29. The zero-order valence-corrected chi connectivity index (χ0v) is 9.60. The van der Waals surface area contributed by atoms with Gasteiger partial charge in [-0.1, -0.05) is 30.3 Å². The molecule has 2 aromatic rings. The first-order valence-electron chi connectivity index (χ1n) is 5.35. The Morgan fingerprint density at radius 3 is 2.24 bits per heavy atom. The predicted octanol–water partition coefficient (Wildman–Crippen LogP) is 2.72. The summed E-state index contributed by atoms with van der Waals surface area (Å²) in [7, 11) is 0. The van der Waals surface area contributed by atoms with Crippen molar-refractivity contribution >= 4 is 17.2 Å². The average molecular weight is 226 g/mol. The molecule has 0 aliphatic heterocycles. The fourth-order valence-corrected chi connectivity index (χ4v) is 1.85. The van der Waals surface area contributed by atoms with Crippen molar-refractivity contribution in [3.63, 3.8) is 0 Å². The van der Waals surface area contributed by atoms with Gasteiger partial charge in [-0.3, -0.25) is 4.79 Å². The third kappa shape index (κ3) is 1.99. The predicted molar refractivity (Wildman–Crippen MR) is 70.7 cm³/mol. The maximum absolute atomic E-state index is 11.4. The number of para-hydroxylation sites is 2. The minimum Gasteiger partial charge on any atom is -0.398 e. The van der Waals surface area contributed by atoms with Gasteiger partial charge < -0.3 is 11.5 Å². The van der Waals surface area contributed by atoms with E-state index in [1.165, 1.54) is 6.92 Å². The van der Waals surface area contributed by atoms with Gasteiger partial charge in [-0.05, 0) is 19.1 Å². The van der Waals surface area contributed by atoms with E-state index < -0.39 is 0 Å². The standard InChI is InChI=1S/C14H14N2O/c1-9(17)10-6-4-7-12(14(10)16)11-5-2-3-8-13(11)15/h2-8H,15-16H2,1H3. The lowest BCUT2D eigenvalue weighted by Crippen LogP contribution is -2.02. The number of rotatable bonds is 2. The summed E-state index contributed by atoms with van der Waals surface area (Å²) in [5.74, 6) is -0.0427. The maximum Gasteiger partial charge on any atom is 0.161 e. The highest BCUT2D eigenvalue weighted by Gasteiger charge is 2.11. The fraction of sp³-hybridized carbons (Fsp3) is 0.0714. The van der Waals surface area contributed by atoms with Crippen LogP contribution in [0.15, 0.2) is 42.5 Å². The third-order valence-electron chi connectivity index (χ3n) is 2.74. The fourth-order valence-electron chi connectivity index (χ4n) is 1.85. The number of benzene rings is 2. The Morgan fingerprint density at radius 1 is 0.941 bits per heavy atom. The lowest BCUT2D eigenvalue weighted by atomic mass is 9.97. The maximum atomic E-state index is 11.4. The molecule has 0 radical (unpaired) electrons. The van der Waals surface area contributed by atoms with Crippen LogP contribution in [0.2, 0.25) is 0 Å². The lowest BCUT2D eigenvalue weighted by Gasteiger charge is -2.11. The van der Waals surface area contributed by atoms with E-state index in [0.29, 0.717) is 16.9 Å². The largest absolute Gasteiger partial charge is 0.398 e. The van der Waals surface area contributed by atoms with Crippen molar-refractivity contribution in [1.82, 2.24) is 0 Å². The average Bonchev–Trinajstić information content (AvgIpc) is 2.30. The Kier molecular flexibility index (Phi) is 2.83. The van der Waals surface area contributed by atoms with Crippen LogP contribution < -0.4 is 11.5 Å². The molecule has 86 valence electrons. The molecule has 0 bridgehead atoms. The van der Waals surface area contributed by atoms with Crippen LogP contribution in [0.25, 0.3) is 11.1 Å². The molecule has 0 unspecified atom stereocenters. The van der Waals surface area contributed by atoms with Gasteiger partial charge >= 0.3 is 0 Å². The van der Waals surface area contributed by atoms with E-state index in [4.69, 9.17) is 11.5 Å². The molecule has 2 rings (SSSR count). The van der Waals surface area contributed by atoms with Gasteiger partial charge in [-0.25, -0.2) is 0 Å². The number of nitrogens with two attached hydrogens (primary N) is 2. The molecule has 0 aromatic heterocycles. The Morgan fingerprint density at radius 2 is 1.59 bits per heavy atom. The number of carbonyl (C=O) groups is 1. The van der Waals surface area contributed by atoms with Gasteiger partial charge in [0.05, 0.1) is 5.69 Å². The monoisotopic (exact) mass is 226 g/mol. The van der Waals surface area contributed by atoms with Gasteiger partial charge in [-0.2, -0.15) is 0 Å². The number of ketones is 1. The summed E-state index contributed by atoms with van der Waals surface area (Å²) in [6.45, 7) is 1.50. The zero-order chi connectivity index (χ0) is 12.4. The lowest BCUT2D eigenvalue weighted by molar-refractivity contribution is 0.101. The highest BCUT2D eigenvalue weighted by atomic mass is 16.1. The summed E-state index contributed by atoms with van der Waals surface area (Å²) in [5, 5.41) is 0. The molecule has 0 aliphatic carbocycles. The molecule has 0 saturated carbocycles. The van der Waals surface area contributed by atoms with Crippen LogP contribution in [-0.4, -0.2) is 5.78 Å². The minimum absolute atomic E-state index is 0.0427. The van der Waals surface area contributed by atoms with Crippen LogP contribution >= 0.6 is 0 Å². The van der Waals surface area contributed by atoms with Gasteiger partial charge in [0.1, 0.15) is 0 Å². The number of carbonyl (C=O) groups excluding carboxylic acids is 1. The number of anilines is 2. The van der Waals surface area contributed by atoms with E-state index in [1.54, 1.807) is 6.07 Å². The summed E-state index contributed by atoms with van der Waals surface area (Å²) in [6, 6.07) is 12.9. The van der Waals surface area contributed by atoms with Crippen molar-refractivity contribution in [3.8, 4) is 11.1 Å². The highest BCUT2D eigenvalue weighted by molar-refractivity contribution is 6.03. The minimum atomic E-state index is -0.0427. The normalized spacial score (nSPS) is 10.2. The number of nitrogen functional groups attached to an aromatic ring is 2. The molecule has 17 heavy (non-hydrogen) atoms. The molecule has 0 spiro atoms. The Bertz CT molecular complexity index is 576. The van der Waals surface area contributed by atoms with Crippen LogP contribution in [-0.2, 0) is 0 Å². The molecule has 2 aromatic carbocycles. The van der Waals surface area contributed by atoms with E-state index in [2.05, 4.69) is 0 Å². The highest BCUT2D eigenvalue weighted by Crippen LogP contribution is 2.32. The van der Waals surface area contributed by atoms with Gasteiger partial charge in [0.2, 0.25) is 0 Å². The smallest absolute Gasteiger partial charge is 0.161 e. The number of Topliss-reactive ketones (excluding diaryl/α,β-unsaturated/α-hetero) is 1. The number of hydrogen-bond acceptors (Lipinski definition) is 3. The van der Waals surface area contributed by atoms with Gasteiger partial charge in [0.15, 0.2) is 5.78 Å². The van der Waals surface area contributed by atoms with Crippen LogP contribution in [0.3, 0.4) is 0 Å². The van der Waals surface area contributed by atoms with Gasteiger partial charge in [0, 0.05) is 22.4 Å². The van der Waals surface area contributed by atoms with Crippen molar-refractivity contribution in [2.24, 2.45) is 0 Å². The molecule has 0 amide bonds. The van der Waals surface area contributed by atoms with E-state index >= 15 is 0 Å². The topological polar surface area (TPSA) is 69.1 Å². The molecule has 0 fully saturated rings. The van der Waals surface area contributed by atoms with Crippen LogP contribution in [0.4, 0.5) is 11.4 Å². The molecular weight excluding hydrogens is 212 g/mol. The second-order valence-electron chi connectivity index (χ2n) is 3.91. The molecule has 4 N–H and O–H groups in total. The first-order valence-corrected chi connectivity index (χ1v) is 5.35. The zero-order valence-electron chi connectivity index (χ0n) is 9.60. The second-order valence-corrected chi connectivity index (χ2v) is 3.91. The molecule has 3 nitrogen and oxygen atoms in total. The van der Waals surface area contributed by atoms with Crippen molar-refractivity contribution in [2.75, 3.05) is 11.5 Å². The van der Waals surface area contributed by atoms with Gasteiger partial charge in [0.25, 0.3) is 0 Å². The molecular formula is C14H14N2O. The molecule has 0 heterocycles. The third-order valence-corrected chi connectivity index (χ3v) is 2.74. The van der Waals surface area contributed by atoms with E-state index in [-0.39, 0.29) is 5.78 Å². The quantitative estimate of drug-likeness (QED) is 0.611. The Balaban J connectivity index is 2.65. The van der Waals surface area contributed by atoms with E-state index in [0.717, 1.165) is 11.1 Å². The summed E-state index contributed by atoms with van der Waals surface area (Å²) in [5.41, 5.74) is 15.2. The van der Waals surface area contributed by atoms with Crippen molar-refractivity contribution in [2.45, 2.75) is 6.92 Å². The van der Waals surface area contributed by atoms with Crippen molar-refractivity contribution < 1.29 is 4.79 Å². The summed E-state index contributed by atoms with van der Waals surface area (Å²) >= 11 is 0. The summed E-state index contributed by atoms with van der Waals surface area (Å²) in [4.78, 5) is 11.4. The van der Waals surface area contributed by atoms with Crippen molar-refractivity contribution in [3.05, 3.63) is 48.0 Å². The van der Waals surface area contributed by atoms with E-state index in [1.807, 2.05) is 36.4 Å². The molecule has 0 saturated heterocycles. The molecule has 3 heteroatoms.